The van der Waals surface area contributed by atoms with Gasteiger partial charge in [0.2, 0.25) is 0 Å². The lowest BCUT2D eigenvalue weighted by atomic mass is 10.0. The van der Waals surface area contributed by atoms with Crippen molar-refractivity contribution in [3.05, 3.63) is 95.9 Å². The van der Waals surface area contributed by atoms with Crippen molar-refractivity contribution in [2.75, 3.05) is 11.4 Å². The summed E-state index contributed by atoms with van der Waals surface area (Å²) in [6.45, 7) is 0.0862. The van der Waals surface area contributed by atoms with Gasteiger partial charge in [-0.1, -0.05) is 18.2 Å². The van der Waals surface area contributed by atoms with Crippen molar-refractivity contribution in [2.45, 2.75) is 11.4 Å². The van der Waals surface area contributed by atoms with E-state index in [1.54, 1.807) is 49.0 Å². The first-order chi connectivity index (χ1) is 17.4. The molecule has 5 aromatic rings. The Hall–Kier alpha value is -4.02. The Morgan fingerprint density at radius 1 is 1.00 bits per heavy atom. The first-order valence-corrected chi connectivity index (χ1v) is 13.1. The Kier molecular flexibility index (Phi) is 6.29. The molecular formula is C26H20FN3O4S2. The van der Waals surface area contributed by atoms with Crippen molar-refractivity contribution >= 4 is 37.3 Å². The number of methoxy groups -OCH3 is 1. The smallest absolute Gasteiger partial charge is 0.266 e. The van der Waals surface area contributed by atoms with Gasteiger partial charge in [-0.3, -0.25) is 4.98 Å². The van der Waals surface area contributed by atoms with Gasteiger partial charge in [0.15, 0.2) is 5.13 Å². The van der Waals surface area contributed by atoms with Gasteiger partial charge in [-0.25, -0.2) is 22.1 Å². The molecule has 0 bridgehead atoms. The summed E-state index contributed by atoms with van der Waals surface area (Å²) in [6, 6.07) is 17.2. The minimum absolute atomic E-state index is 0.0826. The number of halogens is 1. The molecule has 0 fully saturated rings. The predicted octanol–water partition coefficient (Wildman–Crippen LogP) is 5.61. The fourth-order valence-corrected chi connectivity index (χ4v) is 6.17. The zero-order valence-electron chi connectivity index (χ0n) is 19.0. The molecule has 7 nitrogen and oxygen atoms in total. The van der Waals surface area contributed by atoms with Crippen molar-refractivity contribution in [2.24, 2.45) is 0 Å². The van der Waals surface area contributed by atoms with Crippen LogP contribution in [0.15, 0.2) is 89.4 Å². The average Bonchev–Trinajstić information content (AvgIpc) is 3.41. The van der Waals surface area contributed by atoms with E-state index in [1.165, 1.54) is 40.0 Å². The van der Waals surface area contributed by atoms with Crippen molar-refractivity contribution in [1.29, 1.82) is 0 Å². The normalized spacial score (nSPS) is 11.5. The largest absolute Gasteiger partial charge is 0.507 e. The summed E-state index contributed by atoms with van der Waals surface area (Å²) in [6.07, 6.45) is 3.08. The fraction of sp³-hybridized carbons (Fsp3) is 0.0769. The van der Waals surface area contributed by atoms with Gasteiger partial charge in [0.05, 0.1) is 24.2 Å². The van der Waals surface area contributed by atoms with Crippen LogP contribution in [0.3, 0.4) is 0 Å². The van der Waals surface area contributed by atoms with E-state index in [0.717, 1.165) is 11.6 Å². The number of anilines is 1. The Labute approximate surface area is 211 Å². The monoisotopic (exact) mass is 521 g/mol. The molecule has 0 spiro atoms. The molecule has 0 amide bonds. The molecule has 3 aromatic carbocycles. The van der Waals surface area contributed by atoms with E-state index in [0.29, 0.717) is 32.9 Å². The number of benzene rings is 3. The standard InChI is InChI=1S/C26H20FN3O4S2/c1-34-20-5-2-17(3-6-20)16-30(26-29-12-13-35-26)36(32,33)21-7-9-22-18(14-21)10-11-28-25(22)23-8-4-19(27)15-24(23)31/h2-15,31H,16H2,1H3. The van der Waals surface area contributed by atoms with Crippen LogP contribution in [-0.2, 0) is 16.6 Å². The number of hydrogen-bond acceptors (Lipinski definition) is 7. The molecule has 10 heteroatoms. The van der Waals surface area contributed by atoms with Crippen molar-refractivity contribution in [3.63, 3.8) is 0 Å². The maximum Gasteiger partial charge on any atom is 0.266 e. The van der Waals surface area contributed by atoms with E-state index in [9.17, 15) is 17.9 Å². The zero-order chi connectivity index (χ0) is 25.3. The summed E-state index contributed by atoms with van der Waals surface area (Å²) < 4.78 is 47.6. The highest BCUT2D eigenvalue weighted by atomic mass is 32.2. The lowest BCUT2D eigenvalue weighted by molar-refractivity contribution is 0.414. The molecule has 2 heterocycles. The molecule has 0 atom stereocenters. The van der Waals surface area contributed by atoms with Crippen LogP contribution in [0.4, 0.5) is 9.52 Å². The number of thiazole rings is 1. The lowest BCUT2D eigenvalue weighted by Gasteiger charge is -2.22. The second-order valence-corrected chi connectivity index (χ2v) is 10.6. The van der Waals surface area contributed by atoms with E-state index in [2.05, 4.69) is 9.97 Å². The molecule has 0 aliphatic rings. The van der Waals surface area contributed by atoms with Crippen LogP contribution in [0, 0.1) is 5.82 Å². The summed E-state index contributed by atoms with van der Waals surface area (Å²) in [5, 5.41) is 13.5. The molecule has 0 saturated carbocycles. The molecule has 0 aliphatic heterocycles. The third-order valence-corrected chi connectivity index (χ3v) is 8.30. The van der Waals surface area contributed by atoms with E-state index >= 15 is 0 Å². The topological polar surface area (TPSA) is 92.6 Å². The molecule has 0 aliphatic carbocycles. The van der Waals surface area contributed by atoms with E-state index in [-0.39, 0.29) is 17.2 Å². The van der Waals surface area contributed by atoms with Crippen molar-refractivity contribution in [3.8, 4) is 22.8 Å². The van der Waals surface area contributed by atoms with Crippen LogP contribution >= 0.6 is 11.3 Å². The third kappa shape index (κ3) is 4.48. The quantitative estimate of drug-likeness (QED) is 0.299. The summed E-state index contributed by atoms with van der Waals surface area (Å²) in [4.78, 5) is 8.67. The number of hydrogen-bond donors (Lipinski definition) is 1. The van der Waals surface area contributed by atoms with Gasteiger partial charge in [0, 0.05) is 34.8 Å². The van der Waals surface area contributed by atoms with Crippen LogP contribution in [0.25, 0.3) is 22.0 Å². The molecule has 0 saturated heterocycles. The van der Waals surface area contributed by atoms with E-state index < -0.39 is 15.8 Å². The van der Waals surface area contributed by atoms with Crippen molar-refractivity contribution < 1.29 is 22.7 Å². The molecule has 36 heavy (non-hydrogen) atoms. The zero-order valence-corrected chi connectivity index (χ0v) is 20.6. The maximum absolute atomic E-state index is 13.8. The Balaban J connectivity index is 1.57. The number of fused-ring (bicyclic) bond motifs is 1. The van der Waals surface area contributed by atoms with Crippen LogP contribution in [-0.4, -0.2) is 30.6 Å². The number of nitrogens with zero attached hydrogens (tertiary/aromatic N) is 3. The number of aromatic hydroxyl groups is 1. The summed E-state index contributed by atoms with van der Waals surface area (Å²) >= 11 is 1.23. The van der Waals surface area contributed by atoms with Gasteiger partial charge < -0.3 is 9.84 Å². The van der Waals surface area contributed by atoms with Crippen LogP contribution in [0.5, 0.6) is 11.5 Å². The first-order valence-electron chi connectivity index (χ1n) is 10.8. The highest BCUT2D eigenvalue weighted by Gasteiger charge is 2.27. The number of aromatic nitrogens is 2. The van der Waals surface area contributed by atoms with Gasteiger partial charge >= 0.3 is 0 Å². The second kappa shape index (κ2) is 9.56. The SMILES string of the molecule is COc1ccc(CN(c2nccs2)S(=O)(=O)c2ccc3c(-c4ccc(F)cc4O)nccc3c2)cc1. The first kappa shape index (κ1) is 23.7. The Morgan fingerprint density at radius 3 is 2.50 bits per heavy atom. The highest BCUT2D eigenvalue weighted by molar-refractivity contribution is 7.93. The van der Waals surface area contributed by atoms with Gasteiger partial charge in [0.1, 0.15) is 17.3 Å². The van der Waals surface area contributed by atoms with E-state index in [1.807, 2.05) is 12.1 Å². The Bertz CT molecular complexity index is 1640. The summed E-state index contributed by atoms with van der Waals surface area (Å²) in [5.41, 5.74) is 1.54. The number of phenolic OH excluding ortho intramolecular Hbond substituents is 1. The van der Waals surface area contributed by atoms with Crippen molar-refractivity contribution in [1.82, 2.24) is 9.97 Å². The minimum atomic E-state index is -3.99. The van der Waals surface area contributed by atoms with Gasteiger partial charge in [-0.05, 0) is 53.4 Å². The van der Waals surface area contributed by atoms with Crippen LogP contribution in [0.2, 0.25) is 0 Å². The minimum Gasteiger partial charge on any atom is -0.507 e. The number of ether oxygens (including phenoxy) is 1. The number of pyridine rings is 1. The third-order valence-electron chi connectivity index (χ3n) is 5.66. The molecule has 0 radical (unpaired) electrons. The van der Waals surface area contributed by atoms with Gasteiger partial charge in [0.25, 0.3) is 10.0 Å². The number of sulfonamides is 1. The van der Waals surface area contributed by atoms with Crippen LogP contribution in [0.1, 0.15) is 5.56 Å². The molecule has 1 N–H and O–H groups in total. The second-order valence-electron chi connectivity index (χ2n) is 7.88. The molecular weight excluding hydrogens is 501 g/mol. The van der Waals surface area contributed by atoms with Crippen LogP contribution < -0.4 is 9.04 Å². The fourth-order valence-electron chi connectivity index (χ4n) is 3.85. The lowest BCUT2D eigenvalue weighted by Crippen LogP contribution is -2.30. The summed E-state index contributed by atoms with van der Waals surface area (Å²) in [5.74, 6) is -0.140. The van der Waals surface area contributed by atoms with E-state index in [4.69, 9.17) is 4.74 Å². The average molecular weight is 522 g/mol. The maximum atomic E-state index is 13.8. The molecule has 182 valence electrons. The number of phenols is 1. The van der Waals surface area contributed by atoms with Gasteiger partial charge in [-0.15, -0.1) is 11.3 Å². The number of rotatable bonds is 7. The Morgan fingerprint density at radius 2 is 1.81 bits per heavy atom. The molecule has 0 unspecified atom stereocenters. The van der Waals surface area contributed by atoms with Gasteiger partial charge in [-0.2, -0.15) is 0 Å². The molecule has 2 aromatic heterocycles. The predicted molar refractivity (Wildman–Crippen MR) is 137 cm³/mol. The molecule has 5 rings (SSSR count). The summed E-state index contributed by atoms with van der Waals surface area (Å²) in [7, 11) is -2.42. The highest BCUT2D eigenvalue weighted by Crippen LogP contribution is 2.35.